The van der Waals surface area contributed by atoms with Gasteiger partial charge in [0.15, 0.2) is 9.49 Å². The van der Waals surface area contributed by atoms with Crippen LogP contribution >= 0.6 is 0 Å². The lowest BCUT2D eigenvalue weighted by atomic mass is 9.92. The second-order valence-electron chi connectivity index (χ2n) is 19.9. The van der Waals surface area contributed by atoms with Crippen molar-refractivity contribution in [2.45, 2.75) is 119 Å². The molecule has 0 radical (unpaired) electrons. The first-order valence-electron chi connectivity index (χ1n) is 25.8. The zero-order chi connectivity index (χ0) is 50.5. The minimum absolute atomic E-state index is 0.0387. The van der Waals surface area contributed by atoms with E-state index in [-0.39, 0.29) is 63.9 Å². The Morgan fingerprint density at radius 3 is 1.49 bits per heavy atom. The summed E-state index contributed by atoms with van der Waals surface area (Å²) in [5, 5.41) is 18.4. The largest absolute Gasteiger partial charge is 0.381 e. The van der Waals surface area contributed by atoms with Crippen LogP contribution in [0.5, 0.6) is 0 Å². The van der Waals surface area contributed by atoms with E-state index in [0.29, 0.717) is 50.9 Å². The quantitative estimate of drug-likeness (QED) is 0.0989. The number of hydroxylamine groups is 2. The second-order valence-corrected chi connectivity index (χ2v) is 24.4. The molecule has 6 aliphatic rings. The summed E-state index contributed by atoms with van der Waals surface area (Å²) in [5.41, 5.74) is 6.61. The van der Waals surface area contributed by atoms with Gasteiger partial charge in [0.2, 0.25) is 31.9 Å². The predicted molar refractivity (Wildman–Crippen MR) is 267 cm³/mol. The Balaban J connectivity index is 0.000000209. The molecule has 4 N–H and O–H groups in total. The number of hydrogen-bond donors (Lipinski definition) is 4. The molecule has 0 saturated carbocycles. The SMILES string of the molecule is O=C(CCCCC1CCN(S(=O)(=O)C2(C(=O)NO)CCOCC2)CC1)N1CCN(c2ccccc2)CC1.O=C(CCCCC1CCN(S(=O)(=O)C2(C(=O)NO)CCOCC2)CC1)N1CCc2ccccc21. The van der Waals surface area contributed by atoms with E-state index in [1.54, 1.807) is 11.0 Å². The van der Waals surface area contributed by atoms with Gasteiger partial charge in [0, 0.05) is 135 Å². The molecule has 19 nitrogen and oxygen atoms in total. The van der Waals surface area contributed by atoms with E-state index in [0.717, 1.165) is 109 Å². The number of benzene rings is 2. The average molecular weight is 1030 g/mol. The topological polar surface area (TPSA) is 236 Å². The molecule has 4 amide bonds. The molecule has 0 atom stereocenters. The minimum Gasteiger partial charge on any atom is -0.381 e. The van der Waals surface area contributed by atoms with Crippen LogP contribution in [-0.2, 0) is 55.1 Å². The molecule has 0 unspecified atom stereocenters. The van der Waals surface area contributed by atoms with E-state index in [1.165, 1.54) is 19.9 Å². The number of anilines is 2. The van der Waals surface area contributed by atoms with Crippen LogP contribution in [-0.4, -0.2) is 159 Å². The van der Waals surface area contributed by atoms with Crippen LogP contribution in [0.15, 0.2) is 54.6 Å². The van der Waals surface area contributed by atoms with Crippen LogP contribution < -0.4 is 20.8 Å². The lowest BCUT2D eigenvalue weighted by Crippen LogP contribution is -2.60. The average Bonchev–Trinajstić information content (AvgIpc) is 3.86. The van der Waals surface area contributed by atoms with Gasteiger partial charge in [-0.15, -0.1) is 0 Å². The summed E-state index contributed by atoms with van der Waals surface area (Å²) in [4.78, 5) is 56.3. The van der Waals surface area contributed by atoms with Gasteiger partial charge in [0.25, 0.3) is 11.8 Å². The summed E-state index contributed by atoms with van der Waals surface area (Å²) in [7, 11) is -7.85. The number of amides is 4. The molecule has 71 heavy (non-hydrogen) atoms. The second kappa shape index (κ2) is 25.1. The number of piperazine rings is 1. The van der Waals surface area contributed by atoms with Crippen LogP contribution in [0.3, 0.4) is 0 Å². The lowest BCUT2D eigenvalue weighted by molar-refractivity contribution is -0.135. The van der Waals surface area contributed by atoms with Crippen LogP contribution in [0.4, 0.5) is 11.4 Å². The predicted octanol–water partition coefficient (Wildman–Crippen LogP) is 4.22. The molecule has 2 aromatic rings. The van der Waals surface area contributed by atoms with Crippen molar-refractivity contribution in [2.24, 2.45) is 11.8 Å². The molecule has 0 spiro atoms. The van der Waals surface area contributed by atoms with Crippen LogP contribution in [0, 0.1) is 11.8 Å². The van der Waals surface area contributed by atoms with Crippen molar-refractivity contribution < 1.29 is 55.9 Å². The highest BCUT2D eigenvalue weighted by molar-refractivity contribution is 7.91. The van der Waals surface area contributed by atoms with E-state index in [4.69, 9.17) is 9.47 Å². The molecule has 6 aliphatic heterocycles. The number of piperidine rings is 2. The molecular weight excluding hydrogens is 955 g/mol. The van der Waals surface area contributed by atoms with E-state index in [2.05, 4.69) is 23.1 Å². The molecule has 2 aromatic carbocycles. The molecular formula is C50H75N7O12S2. The number of unbranched alkanes of at least 4 members (excludes halogenated alkanes) is 2. The highest BCUT2D eigenvalue weighted by Gasteiger charge is 2.56. The normalized spacial score (nSPS) is 21.4. The van der Waals surface area contributed by atoms with Crippen molar-refractivity contribution in [1.29, 1.82) is 0 Å². The van der Waals surface area contributed by atoms with Crippen LogP contribution in [0.1, 0.15) is 108 Å². The number of para-hydroxylation sites is 2. The molecule has 5 fully saturated rings. The Kier molecular flexibility index (Phi) is 19.3. The first kappa shape index (κ1) is 54.6. The maximum Gasteiger partial charge on any atom is 0.266 e. The monoisotopic (exact) mass is 1030 g/mol. The molecule has 21 heteroatoms. The number of carbonyl (C=O) groups excluding carboxylic acids is 4. The Morgan fingerprint density at radius 2 is 1.01 bits per heavy atom. The number of hydrogen-bond acceptors (Lipinski definition) is 13. The van der Waals surface area contributed by atoms with Crippen molar-refractivity contribution in [2.75, 3.05) is 95.1 Å². The summed E-state index contributed by atoms with van der Waals surface area (Å²) < 4.78 is 63.6. The Morgan fingerprint density at radius 1 is 0.563 bits per heavy atom. The maximum atomic E-state index is 13.4. The van der Waals surface area contributed by atoms with Crippen molar-refractivity contribution in [3.63, 3.8) is 0 Å². The minimum atomic E-state index is -3.92. The Labute approximate surface area is 419 Å². The number of nitrogens with zero attached hydrogens (tertiary/aromatic N) is 5. The molecule has 394 valence electrons. The Hall–Kier alpha value is -4.22. The van der Waals surface area contributed by atoms with Crippen molar-refractivity contribution in [1.82, 2.24) is 24.5 Å². The zero-order valence-electron chi connectivity index (χ0n) is 41.1. The zero-order valence-corrected chi connectivity index (χ0v) is 42.7. The van der Waals surface area contributed by atoms with E-state index < -0.39 is 41.4 Å². The standard InChI is InChI=1S/C26H40N4O6S.C24H35N3O6S/c31-24(29-18-16-28(17-19-29)23-7-2-1-3-8-23)9-5-4-6-22-10-14-30(15-11-22)37(34,35)26(25(32)27-33)12-20-36-21-13-26;28-22(27-16-11-20-6-2-3-7-21(20)27)8-4-1-5-19-9-14-26(15-10-19)34(31,32)24(23(29)25-30)12-17-33-18-13-24/h1-3,7-8,22,33H,4-6,9-21H2,(H,27,32);2-3,6-7,19,30H,1,4-5,8-18H2,(H,25,29). The molecule has 6 heterocycles. The van der Waals surface area contributed by atoms with E-state index in [9.17, 15) is 46.4 Å². The third-order valence-corrected chi connectivity index (χ3v) is 21.1. The first-order valence-corrected chi connectivity index (χ1v) is 28.6. The van der Waals surface area contributed by atoms with Crippen LogP contribution in [0.25, 0.3) is 0 Å². The number of carbonyl (C=O) groups is 4. The number of sulfonamides is 2. The van der Waals surface area contributed by atoms with Gasteiger partial charge in [0.05, 0.1) is 0 Å². The van der Waals surface area contributed by atoms with E-state index >= 15 is 0 Å². The van der Waals surface area contributed by atoms with Crippen molar-refractivity contribution in [3.05, 3.63) is 60.2 Å². The highest BCUT2D eigenvalue weighted by atomic mass is 32.2. The molecule has 0 bridgehead atoms. The van der Waals surface area contributed by atoms with E-state index in [1.807, 2.05) is 46.2 Å². The first-order chi connectivity index (χ1) is 34.3. The summed E-state index contributed by atoms with van der Waals surface area (Å²) in [6.45, 7) is 6.15. The summed E-state index contributed by atoms with van der Waals surface area (Å²) in [5.74, 6) is -0.528. The number of rotatable bonds is 17. The smallest absolute Gasteiger partial charge is 0.266 e. The van der Waals surface area contributed by atoms with Gasteiger partial charge in [-0.2, -0.15) is 0 Å². The van der Waals surface area contributed by atoms with Crippen molar-refractivity contribution >= 4 is 55.1 Å². The number of nitrogens with one attached hydrogen (secondary N) is 2. The fourth-order valence-electron chi connectivity index (χ4n) is 11.3. The van der Waals surface area contributed by atoms with Gasteiger partial charge in [-0.3, -0.25) is 29.6 Å². The van der Waals surface area contributed by atoms with Gasteiger partial charge >= 0.3 is 0 Å². The molecule has 5 saturated heterocycles. The van der Waals surface area contributed by atoms with Crippen molar-refractivity contribution in [3.8, 4) is 0 Å². The van der Waals surface area contributed by atoms with Gasteiger partial charge in [0.1, 0.15) is 0 Å². The molecule has 8 rings (SSSR count). The van der Waals surface area contributed by atoms with Gasteiger partial charge in [-0.25, -0.2) is 36.4 Å². The third kappa shape index (κ3) is 12.6. The number of ether oxygens (including phenoxy) is 2. The molecule has 0 aliphatic carbocycles. The van der Waals surface area contributed by atoms with Gasteiger partial charge in [-0.1, -0.05) is 62.1 Å². The maximum absolute atomic E-state index is 13.4. The fraction of sp³-hybridized carbons (Fsp3) is 0.680. The summed E-state index contributed by atoms with van der Waals surface area (Å²) >= 11 is 0. The van der Waals surface area contributed by atoms with Crippen LogP contribution in [0.2, 0.25) is 0 Å². The molecule has 0 aromatic heterocycles. The summed E-state index contributed by atoms with van der Waals surface area (Å²) in [6, 6.07) is 18.4. The van der Waals surface area contributed by atoms with Gasteiger partial charge in [-0.05, 0) is 80.5 Å². The highest BCUT2D eigenvalue weighted by Crippen LogP contribution is 2.38. The fourth-order valence-corrected chi connectivity index (χ4v) is 15.6. The Bertz CT molecular complexity index is 2310. The lowest BCUT2D eigenvalue weighted by Gasteiger charge is -2.40. The van der Waals surface area contributed by atoms with Gasteiger partial charge < -0.3 is 24.2 Å². The third-order valence-electron chi connectivity index (χ3n) is 15.9. The number of fused-ring (bicyclic) bond motifs is 1. The summed E-state index contributed by atoms with van der Waals surface area (Å²) in [6.07, 6.45) is 10.6.